The zero-order chi connectivity index (χ0) is 11.5. The Hall–Kier alpha value is -1.58. The average molecular weight is 236 g/mol. The lowest BCUT2D eigenvalue weighted by Gasteiger charge is -1.97. The number of nitrogens with two attached hydrogens (primary N) is 1. The second kappa shape index (κ2) is 4.51. The molecule has 2 aromatic rings. The SMILES string of the molecule is NCc1ccc(C(=O)c2ccc(Cl)cc2)o1. The molecule has 3 nitrogen and oxygen atoms in total. The summed E-state index contributed by atoms with van der Waals surface area (Å²) in [7, 11) is 0. The standard InChI is InChI=1S/C12H10ClNO2/c13-9-3-1-8(2-4-9)12(15)11-6-5-10(7-14)16-11/h1-6H,7,14H2. The van der Waals surface area contributed by atoms with Crippen molar-refractivity contribution in [1.82, 2.24) is 0 Å². The highest BCUT2D eigenvalue weighted by Crippen LogP contribution is 2.15. The highest BCUT2D eigenvalue weighted by atomic mass is 35.5. The van der Waals surface area contributed by atoms with E-state index in [1.165, 1.54) is 0 Å². The maximum absolute atomic E-state index is 11.9. The molecule has 0 saturated carbocycles. The van der Waals surface area contributed by atoms with Gasteiger partial charge in [-0.1, -0.05) is 11.6 Å². The zero-order valence-corrected chi connectivity index (χ0v) is 9.20. The molecule has 0 bridgehead atoms. The molecular weight excluding hydrogens is 226 g/mol. The van der Waals surface area contributed by atoms with E-state index in [4.69, 9.17) is 21.8 Å². The highest BCUT2D eigenvalue weighted by Gasteiger charge is 2.12. The van der Waals surface area contributed by atoms with Gasteiger partial charge in [0, 0.05) is 10.6 Å². The van der Waals surface area contributed by atoms with Crippen molar-refractivity contribution in [2.24, 2.45) is 5.73 Å². The Bertz CT molecular complexity index is 502. The summed E-state index contributed by atoms with van der Waals surface area (Å²) >= 11 is 5.74. The highest BCUT2D eigenvalue weighted by molar-refractivity contribution is 6.30. The first-order valence-electron chi connectivity index (χ1n) is 4.80. The van der Waals surface area contributed by atoms with E-state index in [2.05, 4.69) is 0 Å². The third kappa shape index (κ3) is 2.15. The van der Waals surface area contributed by atoms with Crippen molar-refractivity contribution < 1.29 is 9.21 Å². The van der Waals surface area contributed by atoms with Crippen molar-refractivity contribution in [2.45, 2.75) is 6.54 Å². The van der Waals surface area contributed by atoms with Gasteiger partial charge in [0.2, 0.25) is 5.78 Å². The first kappa shape index (κ1) is 10.9. The number of carbonyl (C=O) groups is 1. The zero-order valence-electron chi connectivity index (χ0n) is 8.44. The number of benzene rings is 1. The third-order valence-electron chi connectivity index (χ3n) is 2.19. The molecule has 1 aromatic carbocycles. The second-order valence-electron chi connectivity index (χ2n) is 3.31. The van der Waals surface area contributed by atoms with Crippen molar-refractivity contribution in [3.8, 4) is 0 Å². The average Bonchev–Trinajstić information content (AvgIpc) is 2.77. The van der Waals surface area contributed by atoms with E-state index in [1.54, 1.807) is 36.4 Å². The molecule has 0 saturated heterocycles. The molecule has 0 spiro atoms. The fourth-order valence-electron chi connectivity index (χ4n) is 1.35. The maximum atomic E-state index is 11.9. The normalized spacial score (nSPS) is 10.4. The van der Waals surface area contributed by atoms with Crippen molar-refractivity contribution in [3.05, 3.63) is 58.5 Å². The summed E-state index contributed by atoms with van der Waals surface area (Å²) < 4.78 is 5.27. The van der Waals surface area contributed by atoms with Crippen LogP contribution in [-0.4, -0.2) is 5.78 Å². The minimum absolute atomic E-state index is 0.170. The van der Waals surface area contributed by atoms with E-state index in [0.717, 1.165) is 0 Å². The molecule has 0 amide bonds. The van der Waals surface area contributed by atoms with E-state index in [0.29, 0.717) is 22.1 Å². The van der Waals surface area contributed by atoms with Gasteiger partial charge in [0.25, 0.3) is 0 Å². The minimum Gasteiger partial charge on any atom is -0.456 e. The molecule has 1 heterocycles. The van der Waals surface area contributed by atoms with Crippen molar-refractivity contribution >= 4 is 17.4 Å². The fourth-order valence-corrected chi connectivity index (χ4v) is 1.48. The Morgan fingerprint density at radius 2 is 1.88 bits per heavy atom. The molecule has 16 heavy (non-hydrogen) atoms. The molecule has 0 aliphatic heterocycles. The predicted molar refractivity (Wildman–Crippen MR) is 61.5 cm³/mol. The predicted octanol–water partition coefficient (Wildman–Crippen LogP) is 2.62. The largest absolute Gasteiger partial charge is 0.456 e. The first-order chi connectivity index (χ1) is 7.70. The van der Waals surface area contributed by atoms with Crippen molar-refractivity contribution in [2.75, 3.05) is 0 Å². The summed E-state index contributed by atoms with van der Waals surface area (Å²) in [5.41, 5.74) is 5.94. The van der Waals surface area contributed by atoms with Gasteiger partial charge < -0.3 is 10.2 Å². The summed E-state index contributed by atoms with van der Waals surface area (Å²) in [4.78, 5) is 11.9. The van der Waals surface area contributed by atoms with Crippen LogP contribution in [0.25, 0.3) is 0 Å². The molecule has 0 radical (unpaired) electrons. The van der Waals surface area contributed by atoms with E-state index in [1.807, 2.05) is 0 Å². The summed E-state index contributed by atoms with van der Waals surface area (Å²) in [5, 5.41) is 0.596. The fraction of sp³-hybridized carbons (Fsp3) is 0.0833. The van der Waals surface area contributed by atoms with Crippen molar-refractivity contribution in [3.63, 3.8) is 0 Å². The molecule has 0 unspecified atom stereocenters. The molecular formula is C12H10ClNO2. The molecule has 0 atom stereocenters. The van der Waals surface area contributed by atoms with Gasteiger partial charge in [-0.25, -0.2) is 0 Å². The van der Waals surface area contributed by atoms with Gasteiger partial charge in [-0.15, -0.1) is 0 Å². The number of furan rings is 1. The summed E-state index contributed by atoms with van der Waals surface area (Å²) in [6.45, 7) is 0.286. The Morgan fingerprint density at radius 1 is 1.19 bits per heavy atom. The number of hydrogen-bond acceptors (Lipinski definition) is 3. The van der Waals surface area contributed by atoms with Gasteiger partial charge in [-0.2, -0.15) is 0 Å². The van der Waals surface area contributed by atoms with Gasteiger partial charge in [0.1, 0.15) is 5.76 Å². The van der Waals surface area contributed by atoms with Crippen LogP contribution in [0.4, 0.5) is 0 Å². The summed E-state index contributed by atoms with van der Waals surface area (Å²) in [6.07, 6.45) is 0. The molecule has 0 fully saturated rings. The van der Waals surface area contributed by atoms with Gasteiger partial charge in [0.05, 0.1) is 6.54 Å². The van der Waals surface area contributed by atoms with E-state index >= 15 is 0 Å². The lowest BCUT2D eigenvalue weighted by atomic mass is 10.1. The molecule has 0 aliphatic rings. The van der Waals surface area contributed by atoms with Crippen molar-refractivity contribution in [1.29, 1.82) is 0 Å². The lowest BCUT2D eigenvalue weighted by molar-refractivity contribution is 0.101. The Morgan fingerprint density at radius 3 is 2.44 bits per heavy atom. The van der Waals surface area contributed by atoms with Crippen LogP contribution >= 0.6 is 11.6 Å². The third-order valence-corrected chi connectivity index (χ3v) is 2.45. The van der Waals surface area contributed by atoms with E-state index in [-0.39, 0.29) is 12.3 Å². The smallest absolute Gasteiger partial charge is 0.228 e. The molecule has 1 aromatic heterocycles. The van der Waals surface area contributed by atoms with Gasteiger partial charge >= 0.3 is 0 Å². The monoisotopic (exact) mass is 235 g/mol. The molecule has 2 N–H and O–H groups in total. The van der Waals surface area contributed by atoms with Crippen LogP contribution in [0, 0.1) is 0 Å². The molecule has 4 heteroatoms. The second-order valence-corrected chi connectivity index (χ2v) is 3.74. The molecule has 0 aliphatic carbocycles. The number of carbonyl (C=O) groups excluding carboxylic acids is 1. The summed E-state index contributed by atoms with van der Waals surface area (Å²) in [6, 6.07) is 9.98. The number of ketones is 1. The molecule has 2 rings (SSSR count). The van der Waals surface area contributed by atoms with Crippen LogP contribution < -0.4 is 5.73 Å². The topological polar surface area (TPSA) is 56.2 Å². The van der Waals surface area contributed by atoms with Gasteiger partial charge in [-0.05, 0) is 36.4 Å². The number of hydrogen-bond donors (Lipinski definition) is 1. The van der Waals surface area contributed by atoms with Crippen LogP contribution in [0.15, 0.2) is 40.8 Å². The lowest BCUT2D eigenvalue weighted by Crippen LogP contribution is -1.99. The minimum atomic E-state index is -0.170. The summed E-state index contributed by atoms with van der Waals surface area (Å²) in [5.74, 6) is 0.719. The van der Waals surface area contributed by atoms with E-state index < -0.39 is 0 Å². The van der Waals surface area contributed by atoms with Crippen LogP contribution in [0.1, 0.15) is 21.9 Å². The Balaban J connectivity index is 2.28. The molecule has 82 valence electrons. The van der Waals surface area contributed by atoms with Gasteiger partial charge in [0.15, 0.2) is 5.76 Å². The van der Waals surface area contributed by atoms with Crippen LogP contribution in [0.2, 0.25) is 5.02 Å². The van der Waals surface area contributed by atoms with Crippen LogP contribution in [0.5, 0.6) is 0 Å². The maximum Gasteiger partial charge on any atom is 0.228 e. The van der Waals surface area contributed by atoms with E-state index in [9.17, 15) is 4.79 Å². The Kier molecular flexibility index (Phi) is 3.08. The Labute approximate surface area is 97.8 Å². The number of rotatable bonds is 3. The number of halogens is 1. The van der Waals surface area contributed by atoms with Gasteiger partial charge in [-0.3, -0.25) is 4.79 Å². The first-order valence-corrected chi connectivity index (χ1v) is 5.17. The van der Waals surface area contributed by atoms with Crippen LogP contribution in [-0.2, 0) is 6.54 Å². The quantitative estimate of drug-likeness (QED) is 0.832. The van der Waals surface area contributed by atoms with Crippen LogP contribution in [0.3, 0.4) is 0 Å².